The largest absolute Gasteiger partial charge is 0.497 e. The molecule has 8 aromatic rings. The van der Waals surface area contributed by atoms with Crippen LogP contribution >= 0.6 is 11.6 Å². The van der Waals surface area contributed by atoms with E-state index in [1.54, 1.807) is 30.3 Å². The van der Waals surface area contributed by atoms with Gasteiger partial charge in [0.25, 0.3) is 0 Å². The van der Waals surface area contributed by atoms with Crippen LogP contribution in [0.1, 0.15) is 115 Å². The van der Waals surface area contributed by atoms with Gasteiger partial charge in [-0.1, -0.05) is 152 Å². The van der Waals surface area contributed by atoms with E-state index in [0.29, 0.717) is 60.6 Å². The maximum absolute atomic E-state index is 14.5. The molecule has 0 spiro atoms. The molecule has 0 radical (unpaired) electrons. The molecule has 16 nitrogen and oxygen atoms in total. The molecule has 24 heteroatoms. The topological polar surface area (TPSA) is 148 Å². The van der Waals surface area contributed by atoms with Gasteiger partial charge >= 0.3 is 7.12 Å². The summed E-state index contributed by atoms with van der Waals surface area (Å²) in [5, 5.41) is 10.2. The fraction of sp³-hybridized carbons (Fsp3) is 0.575. The summed E-state index contributed by atoms with van der Waals surface area (Å²) in [7, 11) is -5.47. The summed E-state index contributed by atoms with van der Waals surface area (Å²) in [6.07, 6.45) is 20.4. The number of pyridine rings is 2. The molecule has 7 heterocycles. The van der Waals surface area contributed by atoms with Crippen molar-refractivity contribution in [3.05, 3.63) is 138 Å². The number of hydrogen-bond donors (Lipinski definition) is 0. The predicted octanol–water partition coefficient (Wildman–Crippen LogP) is 19.6. The zero-order valence-electron chi connectivity index (χ0n) is 65.0. The Bertz CT molecular complexity index is 4040. The lowest BCUT2D eigenvalue weighted by molar-refractivity contribution is 0.00578. The second-order valence-electron chi connectivity index (χ2n) is 36.0. The summed E-state index contributed by atoms with van der Waals surface area (Å²) < 4.78 is 68.9. The Kier molecular flexibility index (Phi) is 25.9. The molecule has 4 atom stereocenters. The molecule has 1 aliphatic heterocycles. The monoisotopic (exact) mass is 1510 g/mol. The van der Waals surface area contributed by atoms with Crippen molar-refractivity contribution < 1.29 is 37.0 Å². The van der Waals surface area contributed by atoms with Crippen LogP contribution in [0.3, 0.4) is 0 Å². The third kappa shape index (κ3) is 21.2. The molecule has 0 N–H and O–H groups in total. The van der Waals surface area contributed by atoms with Crippen molar-refractivity contribution in [3.8, 4) is 33.5 Å². The molecule has 104 heavy (non-hydrogen) atoms. The molecule has 562 valence electrons. The lowest BCUT2D eigenvalue weighted by Gasteiger charge is -2.32. The molecule has 4 saturated carbocycles. The number of nitrogens with zero attached hydrogens (tertiary/aromatic N) is 10. The predicted molar refractivity (Wildman–Crippen MR) is 431 cm³/mol. The van der Waals surface area contributed by atoms with Crippen LogP contribution in [0.2, 0.25) is 108 Å². The number of halogens is 3. The molecule has 6 aromatic heterocycles. The minimum Gasteiger partial charge on any atom is -0.399 e. The Morgan fingerprint density at radius 2 is 0.865 bits per heavy atom. The fourth-order valence-corrected chi connectivity index (χ4v) is 17.9. The number of ether oxygens (including phenoxy) is 4. The SMILES string of the molecule is CC1(C)OB(c2ccccc2F)OC1(C)C.C[Si](C)(C)CCOCN(COCC[Si](C)(C)C)c1cc(C2CC3CCC(C3)C2)nc2c(-c3ccc(-c4ccccc4F)nc3)cnn12.C[Si](C)(C)CCOCN(COCC[Si](C)(C)C)c1cc(C2CC3CCC(C3)C2)nc2c(-c3ccc(Cl)nc3)cnn12. The molecular weight excluding hydrogens is 1390 g/mol. The van der Waals surface area contributed by atoms with Crippen LogP contribution in [0, 0.1) is 35.3 Å². The lowest BCUT2D eigenvalue weighted by Crippen LogP contribution is -2.41. The van der Waals surface area contributed by atoms with Gasteiger partial charge < -0.3 is 38.1 Å². The minimum atomic E-state index is -1.23. The normalized spacial score (nSPS) is 20.7. The molecule has 4 aliphatic carbocycles. The van der Waals surface area contributed by atoms with E-state index >= 15 is 0 Å². The quantitative estimate of drug-likeness (QED) is 0.0198. The zero-order chi connectivity index (χ0) is 74.4. The molecule has 4 unspecified atom stereocenters. The number of anilines is 2. The molecule has 0 amide bonds. The van der Waals surface area contributed by atoms with Crippen molar-refractivity contribution in [1.29, 1.82) is 0 Å². The van der Waals surface area contributed by atoms with Gasteiger partial charge in [0.05, 0.1) is 29.3 Å². The van der Waals surface area contributed by atoms with E-state index in [4.69, 9.17) is 60.0 Å². The van der Waals surface area contributed by atoms with E-state index in [1.807, 2.05) is 91.8 Å². The number of aromatic nitrogens is 8. The highest BCUT2D eigenvalue weighted by atomic mass is 35.5. The summed E-state index contributed by atoms with van der Waals surface area (Å²) in [5.41, 5.74) is 8.42. The lowest BCUT2D eigenvalue weighted by atomic mass is 9.79. The van der Waals surface area contributed by atoms with Gasteiger partial charge in [-0.05, 0) is 150 Å². The summed E-state index contributed by atoms with van der Waals surface area (Å²) in [6.45, 7) is 41.2. The van der Waals surface area contributed by atoms with Gasteiger partial charge in [0.15, 0.2) is 11.3 Å². The molecule has 4 bridgehead atoms. The van der Waals surface area contributed by atoms with Crippen molar-refractivity contribution in [3.63, 3.8) is 0 Å². The fourth-order valence-electron chi connectivity index (χ4n) is 14.8. The van der Waals surface area contributed by atoms with Crippen LogP contribution in [0.25, 0.3) is 44.8 Å². The highest BCUT2D eigenvalue weighted by Gasteiger charge is 2.52. The summed E-state index contributed by atoms with van der Waals surface area (Å²) in [5.74, 6) is 5.52. The maximum atomic E-state index is 14.5. The van der Waals surface area contributed by atoms with Crippen molar-refractivity contribution in [2.75, 3.05) is 63.2 Å². The second-order valence-corrected chi connectivity index (χ2v) is 58.8. The number of fused-ring (bicyclic) bond motifs is 6. The molecular formula is C80H116BClF2N10O6Si4. The van der Waals surface area contributed by atoms with E-state index in [9.17, 15) is 8.78 Å². The van der Waals surface area contributed by atoms with Crippen molar-refractivity contribution in [2.24, 2.45) is 23.7 Å². The standard InChI is InChI=1S/C37H52FN5O2Si2.C31H48ClN5O2Si2.C12H16BFO2/c1-46(2,3)17-15-44-25-42(26-45-16-18-47(4,5)6)36-22-35(30-20-27-11-12-28(19-27)21-30)41-37-32(24-40-43(36)37)29-13-14-34(39-23-29)31-9-7-8-10-33(31)38;1-40(2,3)13-11-38-21-36(22-39-12-14-41(4,5)6)30-18-28(26-16-23-7-8-24(15-23)17-26)35-31-27(20-34-37(30)31)25-9-10-29(32)33-19-25;1-11(2)12(3,4)16-13(15-11)9-7-5-6-8-10(9)14/h7-10,13-14,22-24,27-28,30H,11-12,15-21,25-26H2,1-6H3;9-10,18-20,23-24,26H,7-8,11-17,21-22H2,1-6H3;5-8H,1-4H3. The highest BCUT2D eigenvalue weighted by molar-refractivity contribution is 6.77. The summed E-state index contributed by atoms with van der Waals surface area (Å²) in [4.78, 5) is 24.0. The third-order valence-corrected chi connectivity index (χ3v) is 28.9. The van der Waals surface area contributed by atoms with Crippen LogP contribution in [-0.2, 0) is 28.3 Å². The highest BCUT2D eigenvalue weighted by Crippen LogP contribution is 2.50. The number of rotatable bonds is 28. The third-order valence-electron chi connectivity index (χ3n) is 21.9. The number of benzene rings is 2. The van der Waals surface area contributed by atoms with Crippen molar-refractivity contribution in [1.82, 2.24) is 39.2 Å². The van der Waals surface area contributed by atoms with E-state index in [1.165, 1.54) is 82.0 Å². The first-order chi connectivity index (χ1) is 49.2. The smallest absolute Gasteiger partial charge is 0.399 e. The maximum Gasteiger partial charge on any atom is 0.497 e. The van der Waals surface area contributed by atoms with Crippen LogP contribution in [-0.4, -0.2) is 143 Å². The Balaban J connectivity index is 0.000000173. The Labute approximate surface area is 627 Å². The van der Waals surface area contributed by atoms with Gasteiger partial charge in [-0.25, -0.2) is 23.7 Å². The first-order valence-electron chi connectivity index (χ1n) is 38.2. The Morgan fingerprint density at radius 1 is 0.481 bits per heavy atom. The van der Waals surface area contributed by atoms with E-state index in [2.05, 4.69) is 110 Å². The van der Waals surface area contributed by atoms with E-state index in [0.717, 1.165) is 125 Å². The molecule has 5 fully saturated rings. The van der Waals surface area contributed by atoms with Gasteiger partial charge in [-0.2, -0.15) is 19.2 Å². The van der Waals surface area contributed by atoms with Gasteiger partial charge in [0.1, 0.15) is 55.3 Å². The first-order valence-corrected chi connectivity index (χ1v) is 53.4. The molecule has 2 aromatic carbocycles. The van der Waals surface area contributed by atoms with Crippen LogP contribution in [0.4, 0.5) is 20.4 Å². The average Bonchev–Trinajstić information content (AvgIpc) is 1.60. The van der Waals surface area contributed by atoms with Gasteiger partial charge in [-0.3, -0.25) is 4.98 Å². The molecule has 1 saturated heterocycles. The first kappa shape index (κ1) is 79.5. The zero-order valence-corrected chi connectivity index (χ0v) is 69.8. The number of hydrogen-bond acceptors (Lipinski definition) is 14. The van der Waals surface area contributed by atoms with E-state index in [-0.39, 0.29) is 11.6 Å². The second kappa shape index (κ2) is 33.9. The average molecular weight is 1510 g/mol. The van der Waals surface area contributed by atoms with Gasteiger partial charge in [0.2, 0.25) is 0 Å². The minimum absolute atomic E-state index is 0.277. The van der Waals surface area contributed by atoms with E-state index < -0.39 is 50.6 Å². The summed E-state index contributed by atoms with van der Waals surface area (Å²) in [6, 6.07) is 30.0. The van der Waals surface area contributed by atoms with Crippen LogP contribution in [0.15, 0.2) is 110 Å². The molecule has 5 aliphatic rings. The van der Waals surface area contributed by atoms with Gasteiger partial charge in [-0.15, -0.1) is 0 Å². The Morgan fingerprint density at radius 3 is 1.23 bits per heavy atom. The van der Waals surface area contributed by atoms with Crippen molar-refractivity contribution >= 4 is 79.4 Å². The van der Waals surface area contributed by atoms with Crippen LogP contribution in [0.5, 0.6) is 0 Å². The van der Waals surface area contributed by atoms with Crippen LogP contribution < -0.4 is 15.3 Å². The summed E-state index contributed by atoms with van der Waals surface area (Å²) >= 11 is 6.12. The molecule has 13 rings (SSSR count). The Hall–Kier alpha value is -5.58. The van der Waals surface area contributed by atoms with Crippen molar-refractivity contribution in [2.45, 2.75) is 218 Å². The van der Waals surface area contributed by atoms with Gasteiger partial charge in [0, 0.05) is 140 Å².